The molecule has 1 aromatic heterocycles. The second kappa shape index (κ2) is 9.30. The van der Waals surface area contributed by atoms with Crippen LogP contribution in [-0.4, -0.2) is 30.3 Å². The minimum absolute atomic E-state index is 0.00999. The molecule has 0 atom stereocenters. The van der Waals surface area contributed by atoms with E-state index in [9.17, 15) is 13.2 Å². The van der Waals surface area contributed by atoms with E-state index in [-0.39, 0.29) is 22.5 Å². The highest BCUT2D eigenvalue weighted by molar-refractivity contribution is 7.92. The predicted octanol–water partition coefficient (Wildman–Crippen LogP) is 3.51. The van der Waals surface area contributed by atoms with Gasteiger partial charge in [0.25, 0.3) is 5.91 Å². The topological polar surface area (TPSA) is 122 Å². The highest BCUT2D eigenvalue weighted by Gasteiger charge is 2.36. The highest BCUT2D eigenvalue weighted by atomic mass is 32.2. The molecule has 2 aromatic carbocycles. The summed E-state index contributed by atoms with van der Waals surface area (Å²) >= 11 is 1.26. The Morgan fingerprint density at radius 2 is 1.91 bits per heavy atom. The average Bonchev–Trinajstić information content (AvgIpc) is 3.56. The van der Waals surface area contributed by atoms with Crippen LogP contribution in [0, 0.1) is 11.3 Å². The first kappa shape index (κ1) is 21.7. The molecule has 0 unspecified atom stereocenters. The Morgan fingerprint density at radius 1 is 1.19 bits per heavy atom. The third kappa shape index (κ3) is 5.01. The number of benzene rings is 2. The van der Waals surface area contributed by atoms with E-state index >= 15 is 0 Å². The zero-order valence-electron chi connectivity index (χ0n) is 16.8. The Balaban J connectivity index is 1.55. The van der Waals surface area contributed by atoms with Gasteiger partial charge in [-0.2, -0.15) is 5.26 Å². The molecule has 10 heteroatoms. The van der Waals surface area contributed by atoms with Crippen LogP contribution in [0.2, 0.25) is 0 Å². The van der Waals surface area contributed by atoms with Gasteiger partial charge in [-0.05, 0) is 42.7 Å². The largest absolute Gasteiger partial charge is 0.390 e. The van der Waals surface area contributed by atoms with Gasteiger partial charge in [0, 0.05) is 17.1 Å². The number of rotatable bonds is 8. The Labute approximate surface area is 189 Å². The summed E-state index contributed by atoms with van der Waals surface area (Å²) in [6, 6.07) is 14.9. The third-order valence-electron chi connectivity index (χ3n) is 4.76. The number of hydrogen-bond donors (Lipinski definition) is 1. The van der Waals surface area contributed by atoms with E-state index in [2.05, 4.69) is 15.5 Å². The fourth-order valence-corrected chi connectivity index (χ4v) is 5.07. The Kier molecular flexibility index (Phi) is 6.30. The third-order valence-corrected chi connectivity index (χ3v) is 7.72. The van der Waals surface area contributed by atoms with Gasteiger partial charge >= 0.3 is 0 Å². The number of amides is 1. The monoisotopic (exact) mass is 466 g/mol. The molecule has 0 aliphatic heterocycles. The molecule has 1 heterocycles. The molecular weight excluding hydrogens is 448 g/mol. The Bertz CT molecular complexity index is 1270. The first-order valence-electron chi connectivity index (χ1n) is 9.71. The van der Waals surface area contributed by atoms with Gasteiger partial charge in [0.2, 0.25) is 0 Å². The summed E-state index contributed by atoms with van der Waals surface area (Å²) in [5.74, 6) is -0.530. The van der Waals surface area contributed by atoms with Gasteiger partial charge in [0.15, 0.2) is 20.7 Å². The van der Waals surface area contributed by atoms with Crippen molar-refractivity contribution in [2.45, 2.75) is 29.6 Å². The zero-order valence-corrected chi connectivity index (χ0v) is 18.4. The van der Waals surface area contributed by atoms with E-state index in [0.717, 1.165) is 5.56 Å². The van der Waals surface area contributed by atoms with E-state index < -0.39 is 15.7 Å². The van der Waals surface area contributed by atoms with Crippen LogP contribution in [0.4, 0.5) is 5.13 Å². The summed E-state index contributed by atoms with van der Waals surface area (Å²) in [7, 11) is -3.33. The molecule has 1 fully saturated rings. The van der Waals surface area contributed by atoms with Gasteiger partial charge in [0.1, 0.15) is 6.61 Å². The van der Waals surface area contributed by atoms with Crippen LogP contribution in [0.3, 0.4) is 0 Å². The van der Waals surface area contributed by atoms with Crippen LogP contribution in [-0.2, 0) is 26.1 Å². The number of anilines is 1. The highest BCUT2D eigenvalue weighted by Crippen LogP contribution is 2.33. The minimum atomic E-state index is -3.33. The molecule has 0 bridgehead atoms. The van der Waals surface area contributed by atoms with Gasteiger partial charge in [-0.25, -0.2) is 13.4 Å². The van der Waals surface area contributed by atoms with Gasteiger partial charge < -0.3 is 4.84 Å². The molecule has 1 amide bonds. The fraction of sp³-hybridized carbons (Fsp3) is 0.182. The maximum atomic E-state index is 12.8. The molecule has 8 nitrogen and oxygen atoms in total. The van der Waals surface area contributed by atoms with Gasteiger partial charge in [-0.15, -0.1) is 11.3 Å². The average molecular weight is 467 g/mol. The standard InChI is InChI=1S/C22H18N4O4S2/c23-13-15-1-3-16(4-2-15)14-30-26-20(21(27)25-22-24-11-12-31-22)17-5-7-18(8-6-17)32(28,29)19-9-10-19/h1-8,11-12,19H,9-10,14H2,(H,24,25,27). The predicted molar refractivity (Wildman–Crippen MR) is 120 cm³/mol. The van der Waals surface area contributed by atoms with Crippen molar-refractivity contribution >= 4 is 37.9 Å². The summed E-state index contributed by atoms with van der Waals surface area (Å²) in [5.41, 5.74) is 1.71. The van der Waals surface area contributed by atoms with Crippen molar-refractivity contribution in [2.24, 2.45) is 5.16 Å². The molecule has 0 radical (unpaired) electrons. The number of sulfone groups is 1. The first-order valence-corrected chi connectivity index (χ1v) is 12.1. The van der Waals surface area contributed by atoms with Gasteiger partial charge in [0.05, 0.1) is 21.8 Å². The maximum absolute atomic E-state index is 12.8. The molecule has 1 saturated carbocycles. The molecule has 0 spiro atoms. The molecular formula is C22H18N4O4S2. The lowest BCUT2D eigenvalue weighted by Gasteiger charge is -2.09. The van der Waals surface area contributed by atoms with Crippen LogP contribution in [0.15, 0.2) is 70.2 Å². The molecule has 1 aliphatic carbocycles. The van der Waals surface area contributed by atoms with E-state index in [1.54, 1.807) is 48.0 Å². The Hall–Kier alpha value is -3.55. The van der Waals surface area contributed by atoms with E-state index in [1.807, 2.05) is 6.07 Å². The van der Waals surface area contributed by atoms with Crippen LogP contribution < -0.4 is 5.32 Å². The molecule has 0 saturated heterocycles. The van der Waals surface area contributed by atoms with Crippen molar-refractivity contribution in [1.29, 1.82) is 5.26 Å². The number of thiazole rings is 1. The van der Waals surface area contributed by atoms with E-state index in [0.29, 0.717) is 29.1 Å². The van der Waals surface area contributed by atoms with Crippen LogP contribution >= 0.6 is 11.3 Å². The van der Waals surface area contributed by atoms with Gasteiger partial charge in [-0.1, -0.05) is 29.4 Å². The normalized spacial score (nSPS) is 13.9. The number of nitrogens with zero attached hydrogens (tertiary/aromatic N) is 3. The molecule has 162 valence electrons. The number of oxime groups is 1. The summed E-state index contributed by atoms with van der Waals surface area (Å²) in [5, 5.41) is 17.4. The second-order valence-electron chi connectivity index (χ2n) is 7.08. The number of nitrogens with one attached hydrogen (secondary N) is 1. The maximum Gasteiger partial charge on any atom is 0.280 e. The fourth-order valence-electron chi connectivity index (χ4n) is 2.89. The SMILES string of the molecule is N#Cc1ccc(CON=C(C(=O)Nc2nccs2)c2ccc(S(=O)(=O)C3CC3)cc2)cc1. The number of carbonyl (C=O) groups excluding carboxylic acids is 1. The van der Waals surface area contributed by atoms with Crippen molar-refractivity contribution in [3.63, 3.8) is 0 Å². The van der Waals surface area contributed by atoms with Crippen LogP contribution in [0.5, 0.6) is 0 Å². The van der Waals surface area contributed by atoms with Crippen molar-refractivity contribution in [3.05, 3.63) is 76.8 Å². The molecule has 32 heavy (non-hydrogen) atoms. The van der Waals surface area contributed by atoms with Crippen molar-refractivity contribution < 1.29 is 18.0 Å². The van der Waals surface area contributed by atoms with Crippen molar-refractivity contribution in [3.8, 4) is 6.07 Å². The van der Waals surface area contributed by atoms with Crippen LogP contribution in [0.25, 0.3) is 0 Å². The van der Waals surface area contributed by atoms with E-state index in [1.165, 1.54) is 23.5 Å². The number of hydrogen-bond acceptors (Lipinski definition) is 8. The quantitative estimate of drug-likeness (QED) is 0.400. The zero-order chi connectivity index (χ0) is 22.6. The van der Waals surface area contributed by atoms with Crippen molar-refractivity contribution in [2.75, 3.05) is 5.32 Å². The first-order chi connectivity index (χ1) is 15.5. The lowest BCUT2D eigenvalue weighted by atomic mass is 10.1. The van der Waals surface area contributed by atoms with Gasteiger partial charge in [-0.3, -0.25) is 10.1 Å². The Morgan fingerprint density at radius 3 is 2.50 bits per heavy atom. The number of aromatic nitrogens is 1. The summed E-state index contributed by atoms with van der Waals surface area (Å²) in [6.07, 6.45) is 2.92. The molecule has 1 aliphatic rings. The van der Waals surface area contributed by atoms with Crippen LogP contribution in [0.1, 0.15) is 29.5 Å². The smallest absolute Gasteiger partial charge is 0.280 e. The summed E-state index contributed by atoms with van der Waals surface area (Å²) in [4.78, 5) is 22.5. The minimum Gasteiger partial charge on any atom is -0.390 e. The molecule has 1 N–H and O–H groups in total. The molecule has 3 aromatic rings. The summed E-state index contributed by atoms with van der Waals surface area (Å²) in [6.45, 7) is 0.0912. The van der Waals surface area contributed by atoms with E-state index in [4.69, 9.17) is 10.1 Å². The second-order valence-corrected chi connectivity index (χ2v) is 10.2. The number of nitriles is 1. The van der Waals surface area contributed by atoms with Crippen molar-refractivity contribution in [1.82, 2.24) is 4.98 Å². The molecule has 4 rings (SSSR count). The lowest BCUT2D eigenvalue weighted by Crippen LogP contribution is -2.24. The summed E-state index contributed by atoms with van der Waals surface area (Å²) < 4.78 is 24.9. The number of carbonyl (C=O) groups is 1. The lowest BCUT2D eigenvalue weighted by molar-refractivity contribution is -0.110.